The molecule has 0 bridgehead atoms. The van der Waals surface area contributed by atoms with Crippen LogP contribution in [0.4, 0.5) is 4.79 Å². The van der Waals surface area contributed by atoms with E-state index in [4.69, 9.17) is 10.00 Å². The van der Waals surface area contributed by atoms with E-state index >= 15 is 0 Å². The molecule has 1 aliphatic carbocycles. The molecule has 4 rings (SSSR count). The van der Waals surface area contributed by atoms with Crippen molar-refractivity contribution in [2.75, 3.05) is 13.2 Å². The fraction of sp³-hybridized carbons (Fsp3) is 0.407. The number of carboxylic acids is 1. The van der Waals surface area contributed by atoms with Crippen LogP contribution in [0.2, 0.25) is 0 Å². The zero-order chi connectivity index (χ0) is 24.8. The maximum Gasteiger partial charge on any atom is 0.407 e. The molecule has 0 saturated carbocycles. The highest BCUT2D eigenvalue weighted by Crippen LogP contribution is 2.44. The normalized spacial score (nSPS) is 17.6. The number of hydrogen-bond donors (Lipinski definition) is 2. The molecule has 2 amide bonds. The van der Waals surface area contributed by atoms with Crippen LogP contribution in [0.3, 0.4) is 0 Å². The number of hydrogen-bond acceptors (Lipinski definition) is 5. The molecule has 0 radical (unpaired) electrons. The lowest BCUT2D eigenvalue weighted by Gasteiger charge is -2.35. The summed E-state index contributed by atoms with van der Waals surface area (Å²) in [6.07, 6.45) is 1.98. The van der Waals surface area contributed by atoms with Gasteiger partial charge in [-0.1, -0.05) is 48.5 Å². The van der Waals surface area contributed by atoms with E-state index in [0.717, 1.165) is 28.7 Å². The van der Waals surface area contributed by atoms with Gasteiger partial charge in [0.1, 0.15) is 18.7 Å². The molecule has 2 atom stereocenters. The number of amides is 2. The summed E-state index contributed by atoms with van der Waals surface area (Å²) in [6.45, 7) is 0.442. The number of fused-ring (bicyclic) bond motifs is 3. The molecule has 2 aromatic rings. The molecule has 0 aromatic heterocycles. The van der Waals surface area contributed by atoms with Crippen LogP contribution in [0, 0.1) is 11.3 Å². The van der Waals surface area contributed by atoms with E-state index in [-0.39, 0.29) is 25.4 Å². The second-order valence-corrected chi connectivity index (χ2v) is 8.95. The Bertz CT molecular complexity index is 1100. The van der Waals surface area contributed by atoms with Crippen LogP contribution >= 0.6 is 0 Å². The number of carboxylic acid groups (broad SMARTS) is 1. The average molecular weight is 476 g/mol. The van der Waals surface area contributed by atoms with E-state index in [0.29, 0.717) is 25.8 Å². The van der Waals surface area contributed by atoms with E-state index < -0.39 is 30.1 Å². The van der Waals surface area contributed by atoms with E-state index in [1.165, 1.54) is 4.90 Å². The Balaban J connectivity index is 1.44. The highest BCUT2D eigenvalue weighted by molar-refractivity contribution is 5.89. The number of carbonyl (C=O) groups excluding carboxylic acids is 2. The van der Waals surface area contributed by atoms with Crippen LogP contribution in [-0.2, 0) is 14.3 Å². The monoisotopic (exact) mass is 475 g/mol. The van der Waals surface area contributed by atoms with Crippen molar-refractivity contribution in [3.63, 3.8) is 0 Å². The molecule has 2 aliphatic rings. The van der Waals surface area contributed by atoms with E-state index in [9.17, 15) is 19.5 Å². The van der Waals surface area contributed by atoms with Crippen LogP contribution in [0.1, 0.15) is 55.6 Å². The Morgan fingerprint density at radius 3 is 2.37 bits per heavy atom. The van der Waals surface area contributed by atoms with Crippen molar-refractivity contribution in [2.24, 2.45) is 0 Å². The molecule has 2 aromatic carbocycles. The molecule has 0 spiro atoms. The highest BCUT2D eigenvalue weighted by Gasteiger charge is 2.36. The molecule has 1 unspecified atom stereocenters. The first-order chi connectivity index (χ1) is 17.0. The van der Waals surface area contributed by atoms with Crippen molar-refractivity contribution in [1.29, 1.82) is 5.26 Å². The molecule has 2 N–H and O–H groups in total. The number of nitrogens with zero attached hydrogens (tertiary/aromatic N) is 2. The number of rotatable bonds is 8. The van der Waals surface area contributed by atoms with Gasteiger partial charge in [0.2, 0.25) is 5.91 Å². The Labute approximate surface area is 204 Å². The van der Waals surface area contributed by atoms with E-state index in [2.05, 4.69) is 17.4 Å². The topological polar surface area (TPSA) is 120 Å². The fourth-order valence-electron chi connectivity index (χ4n) is 5.08. The third-order valence-electron chi connectivity index (χ3n) is 6.79. The van der Waals surface area contributed by atoms with Crippen LogP contribution < -0.4 is 5.32 Å². The minimum Gasteiger partial charge on any atom is -0.480 e. The van der Waals surface area contributed by atoms with Crippen molar-refractivity contribution < 1.29 is 24.2 Å². The molecule has 8 nitrogen and oxygen atoms in total. The number of alkyl carbamates (subject to hydrolysis) is 1. The minimum atomic E-state index is -1.05. The first kappa shape index (κ1) is 24.3. The smallest absolute Gasteiger partial charge is 0.407 e. The first-order valence-electron chi connectivity index (χ1n) is 12.0. The van der Waals surface area contributed by atoms with Gasteiger partial charge in [-0.3, -0.25) is 4.79 Å². The average Bonchev–Trinajstić information content (AvgIpc) is 3.20. The third kappa shape index (κ3) is 5.29. The summed E-state index contributed by atoms with van der Waals surface area (Å²) in [6, 6.07) is 16.2. The molecule has 1 aliphatic heterocycles. The van der Waals surface area contributed by atoms with Crippen LogP contribution in [0.15, 0.2) is 48.5 Å². The Morgan fingerprint density at radius 1 is 1.09 bits per heavy atom. The molecule has 1 saturated heterocycles. The van der Waals surface area contributed by atoms with E-state index in [1.807, 2.05) is 42.5 Å². The van der Waals surface area contributed by atoms with Gasteiger partial charge >= 0.3 is 12.1 Å². The van der Waals surface area contributed by atoms with Crippen molar-refractivity contribution in [1.82, 2.24) is 10.2 Å². The number of piperidine rings is 1. The fourth-order valence-corrected chi connectivity index (χ4v) is 5.08. The summed E-state index contributed by atoms with van der Waals surface area (Å²) in [5.41, 5.74) is 4.40. The molecular formula is C27H29N3O5. The summed E-state index contributed by atoms with van der Waals surface area (Å²) in [5, 5.41) is 21.1. The Kier molecular flexibility index (Phi) is 7.66. The zero-order valence-corrected chi connectivity index (χ0v) is 19.5. The van der Waals surface area contributed by atoms with Gasteiger partial charge in [0.25, 0.3) is 0 Å². The standard InChI is InChI=1S/C27H29N3O5/c28-15-7-5-13-23(25(31)30-16-8-6-14-24(30)26(32)33)29-27(34)35-17-22-20-11-3-1-9-18(20)19-10-2-4-12-21(19)22/h1-4,9-12,22-24H,5-8,13-14,16-17H2,(H,29,34)(H,32,33)/t23?,24-/m1/s1. The Morgan fingerprint density at radius 2 is 1.74 bits per heavy atom. The van der Waals surface area contributed by atoms with Crippen LogP contribution in [0.25, 0.3) is 11.1 Å². The second-order valence-electron chi connectivity index (χ2n) is 8.95. The number of benzene rings is 2. The lowest BCUT2D eigenvalue weighted by molar-refractivity contribution is -0.153. The number of aliphatic carboxylic acids is 1. The van der Waals surface area contributed by atoms with Crippen LogP contribution in [0.5, 0.6) is 0 Å². The third-order valence-corrected chi connectivity index (χ3v) is 6.79. The molecular weight excluding hydrogens is 446 g/mol. The van der Waals surface area contributed by atoms with Crippen molar-refractivity contribution in [3.8, 4) is 17.2 Å². The van der Waals surface area contributed by atoms with Gasteiger partial charge in [0.05, 0.1) is 6.07 Å². The van der Waals surface area contributed by atoms with Gasteiger partial charge in [-0.05, 0) is 54.4 Å². The lowest BCUT2D eigenvalue weighted by atomic mass is 9.98. The van der Waals surface area contributed by atoms with Crippen molar-refractivity contribution in [3.05, 3.63) is 59.7 Å². The highest BCUT2D eigenvalue weighted by atomic mass is 16.5. The lowest BCUT2D eigenvalue weighted by Crippen LogP contribution is -2.55. The van der Waals surface area contributed by atoms with E-state index in [1.54, 1.807) is 0 Å². The minimum absolute atomic E-state index is 0.112. The maximum absolute atomic E-state index is 13.2. The predicted octanol–water partition coefficient (Wildman–Crippen LogP) is 4.05. The zero-order valence-electron chi connectivity index (χ0n) is 19.5. The summed E-state index contributed by atoms with van der Waals surface area (Å²) in [7, 11) is 0. The SMILES string of the molecule is N#CCCCC(NC(=O)OCC1c2ccccc2-c2ccccc21)C(=O)N1CCCC[C@@H]1C(=O)O. The number of likely N-dealkylation sites (tertiary alicyclic amines) is 1. The molecule has 35 heavy (non-hydrogen) atoms. The number of carbonyl (C=O) groups is 3. The van der Waals surface area contributed by atoms with Crippen molar-refractivity contribution in [2.45, 2.75) is 56.5 Å². The summed E-state index contributed by atoms with van der Waals surface area (Å²) >= 11 is 0. The summed E-state index contributed by atoms with van der Waals surface area (Å²) in [4.78, 5) is 39.0. The van der Waals surface area contributed by atoms with Gasteiger partial charge < -0.3 is 20.1 Å². The number of nitrogens with one attached hydrogen (secondary N) is 1. The molecule has 1 fully saturated rings. The quantitative estimate of drug-likeness (QED) is 0.556. The van der Waals surface area contributed by atoms with Crippen LogP contribution in [-0.4, -0.2) is 53.2 Å². The number of nitriles is 1. The molecule has 8 heteroatoms. The summed E-state index contributed by atoms with van der Waals surface area (Å²) in [5.74, 6) is -1.60. The van der Waals surface area contributed by atoms with Crippen molar-refractivity contribution >= 4 is 18.0 Å². The van der Waals surface area contributed by atoms with Gasteiger partial charge in [-0.2, -0.15) is 5.26 Å². The van der Waals surface area contributed by atoms with Gasteiger partial charge in [-0.15, -0.1) is 0 Å². The largest absolute Gasteiger partial charge is 0.480 e. The molecule has 182 valence electrons. The first-order valence-corrected chi connectivity index (χ1v) is 12.0. The van der Waals surface area contributed by atoms with Gasteiger partial charge in [-0.25, -0.2) is 9.59 Å². The van der Waals surface area contributed by atoms with Gasteiger partial charge in [0.15, 0.2) is 0 Å². The second kappa shape index (κ2) is 11.0. The predicted molar refractivity (Wildman–Crippen MR) is 128 cm³/mol. The maximum atomic E-state index is 13.2. The number of unbranched alkanes of at least 4 members (excludes halogenated alkanes) is 1. The Hall–Kier alpha value is -3.86. The number of ether oxygens (including phenoxy) is 1. The molecule has 1 heterocycles. The summed E-state index contributed by atoms with van der Waals surface area (Å²) < 4.78 is 5.59. The van der Waals surface area contributed by atoms with Gasteiger partial charge in [0, 0.05) is 18.9 Å².